The van der Waals surface area contributed by atoms with E-state index < -0.39 is 0 Å². The summed E-state index contributed by atoms with van der Waals surface area (Å²) in [7, 11) is 0. The van der Waals surface area contributed by atoms with E-state index >= 15 is 0 Å². The van der Waals surface area contributed by atoms with Crippen molar-refractivity contribution in [3.05, 3.63) is 30.1 Å². The highest BCUT2D eigenvalue weighted by atomic mass is 16.5. The number of aromatic nitrogens is 1. The third-order valence-electron chi connectivity index (χ3n) is 4.67. The van der Waals surface area contributed by atoms with Crippen LogP contribution in [0, 0.1) is 5.92 Å². The van der Waals surface area contributed by atoms with Crippen LogP contribution in [0.1, 0.15) is 12.0 Å². The minimum atomic E-state index is -0.143. The Morgan fingerprint density at radius 1 is 1.29 bits per heavy atom. The molecule has 0 saturated carbocycles. The van der Waals surface area contributed by atoms with Crippen LogP contribution in [0.4, 0.5) is 4.79 Å². The molecule has 2 saturated heterocycles. The molecule has 2 unspecified atom stereocenters. The van der Waals surface area contributed by atoms with E-state index in [1.165, 1.54) is 0 Å². The first-order valence-corrected chi connectivity index (χ1v) is 8.63. The summed E-state index contributed by atoms with van der Waals surface area (Å²) in [6.07, 6.45) is 4.54. The lowest BCUT2D eigenvalue weighted by atomic mass is 9.97. The van der Waals surface area contributed by atoms with Gasteiger partial charge in [-0.25, -0.2) is 4.79 Å². The average Bonchev–Trinajstić information content (AvgIpc) is 3.16. The Morgan fingerprint density at radius 3 is 2.88 bits per heavy atom. The predicted octanol–water partition coefficient (Wildman–Crippen LogP) is 0.618. The van der Waals surface area contributed by atoms with E-state index in [9.17, 15) is 4.79 Å². The van der Waals surface area contributed by atoms with Gasteiger partial charge in [0.15, 0.2) is 0 Å². The Kier molecular flexibility index (Phi) is 6.40. The van der Waals surface area contributed by atoms with E-state index in [2.05, 4.69) is 20.5 Å². The molecule has 2 atom stereocenters. The third kappa shape index (κ3) is 4.90. The van der Waals surface area contributed by atoms with E-state index in [4.69, 9.17) is 9.47 Å². The number of urea groups is 1. The zero-order chi connectivity index (χ0) is 16.6. The Balaban J connectivity index is 1.47. The molecule has 2 aliphatic rings. The van der Waals surface area contributed by atoms with Gasteiger partial charge in [0.2, 0.25) is 0 Å². The maximum atomic E-state index is 12.1. The van der Waals surface area contributed by atoms with Crippen LogP contribution >= 0.6 is 0 Å². The molecule has 0 aliphatic carbocycles. The molecule has 0 bridgehead atoms. The molecule has 2 N–H and O–H groups in total. The zero-order valence-corrected chi connectivity index (χ0v) is 13.9. The van der Waals surface area contributed by atoms with E-state index in [1.807, 2.05) is 12.1 Å². The Morgan fingerprint density at radius 2 is 2.17 bits per heavy atom. The van der Waals surface area contributed by atoms with Crippen molar-refractivity contribution in [2.75, 3.05) is 46.1 Å². The van der Waals surface area contributed by atoms with E-state index in [1.54, 1.807) is 12.4 Å². The van der Waals surface area contributed by atoms with Crippen molar-refractivity contribution in [1.29, 1.82) is 0 Å². The third-order valence-corrected chi connectivity index (χ3v) is 4.67. The quantitative estimate of drug-likeness (QED) is 0.798. The molecule has 0 aromatic carbocycles. The minimum Gasteiger partial charge on any atom is -0.381 e. The molecule has 1 aromatic rings. The topological polar surface area (TPSA) is 75.7 Å². The molecule has 2 amide bonds. The van der Waals surface area contributed by atoms with Crippen molar-refractivity contribution in [1.82, 2.24) is 20.5 Å². The first kappa shape index (κ1) is 17.1. The summed E-state index contributed by atoms with van der Waals surface area (Å²) in [5.41, 5.74) is 0.988. The van der Waals surface area contributed by atoms with Crippen molar-refractivity contribution in [3.63, 3.8) is 0 Å². The normalized spacial score (nSPS) is 22.9. The van der Waals surface area contributed by atoms with Crippen LogP contribution in [-0.4, -0.2) is 68.0 Å². The number of rotatable bonds is 6. The molecule has 132 valence electrons. The zero-order valence-electron chi connectivity index (χ0n) is 13.9. The number of amides is 2. The molecule has 7 nitrogen and oxygen atoms in total. The number of ether oxygens (including phenoxy) is 2. The Hall–Kier alpha value is -1.70. The van der Waals surface area contributed by atoms with Crippen molar-refractivity contribution < 1.29 is 14.3 Å². The van der Waals surface area contributed by atoms with Crippen LogP contribution in [0.15, 0.2) is 24.5 Å². The fourth-order valence-corrected chi connectivity index (χ4v) is 3.30. The number of hydrogen-bond donors (Lipinski definition) is 2. The summed E-state index contributed by atoms with van der Waals surface area (Å²) in [6, 6.07) is 3.97. The maximum Gasteiger partial charge on any atom is 0.315 e. The minimum absolute atomic E-state index is 0.143. The predicted molar refractivity (Wildman–Crippen MR) is 89.6 cm³/mol. The van der Waals surface area contributed by atoms with Gasteiger partial charge in [-0.15, -0.1) is 0 Å². The lowest BCUT2D eigenvalue weighted by Gasteiger charge is -2.37. The molecule has 24 heavy (non-hydrogen) atoms. The molecule has 2 fully saturated rings. The van der Waals surface area contributed by atoms with Crippen LogP contribution < -0.4 is 10.6 Å². The summed E-state index contributed by atoms with van der Waals surface area (Å²) in [5, 5.41) is 5.90. The number of morpholine rings is 1. The van der Waals surface area contributed by atoms with Gasteiger partial charge in [-0.2, -0.15) is 0 Å². The number of carbonyl (C=O) groups is 1. The highest BCUT2D eigenvalue weighted by Crippen LogP contribution is 2.21. The largest absolute Gasteiger partial charge is 0.381 e. The molecule has 3 rings (SSSR count). The highest BCUT2D eigenvalue weighted by molar-refractivity contribution is 5.73. The number of nitrogens with zero attached hydrogens (tertiary/aromatic N) is 2. The van der Waals surface area contributed by atoms with E-state index in [0.29, 0.717) is 25.0 Å². The molecule has 2 aliphatic heterocycles. The van der Waals surface area contributed by atoms with Gasteiger partial charge in [0.25, 0.3) is 0 Å². The van der Waals surface area contributed by atoms with Crippen molar-refractivity contribution in [2.24, 2.45) is 5.92 Å². The molecule has 3 heterocycles. The van der Waals surface area contributed by atoms with Gasteiger partial charge in [0.05, 0.1) is 19.8 Å². The standard InChI is InChI=1S/C17H26N4O3/c22-17(19-11-14-2-1-4-18-10-14)20-12-16(15-3-7-24-13-15)21-5-8-23-9-6-21/h1-2,4,10,15-16H,3,5-9,11-13H2,(H2,19,20,22). The van der Waals surface area contributed by atoms with Gasteiger partial charge in [-0.1, -0.05) is 6.07 Å². The fourth-order valence-electron chi connectivity index (χ4n) is 3.30. The molecule has 0 radical (unpaired) electrons. The van der Waals surface area contributed by atoms with E-state index in [-0.39, 0.29) is 6.03 Å². The lowest BCUT2D eigenvalue weighted by molar-refractivity contribution is 0.00212. The highest BCUT2D eigenvalue weighted by Gasteiger charge is 2.31. The average molecular weight is 334 g/mol. The fraction of sp³-hybridized carbons (Fsp3) is 0.647. The van der Waals surface area contributed by atoms with Crippen LogP contribution in [0.2, 0.25) is 0 Å². The second kappa shape index (κ2) is 8.96. The molecule has 1 aromatic heterocycles. The second-order valence-electron chi connectivity index (χ2n) is 6.26. The summed E-state index contributed by atoms with van der Waals surface area (Å²) >= 11 is 0. The Labute approximate surface area is 142 Å². The van der Waals surface area contributed by atoms with Gasteiger partial charge >= 0.3 is 6.03 Å². The summed E-state index contributed by atoms with van der Waals surface area (Å²) in [6.45, 7) is 6.07. The van der Waals surface area contributed by atoms with Crippen molar-refractivity contribution >= 4 is 6.03 Å². The first-order chi connectivity index (χ1) is 11.8. The number of carbonyl (C=O) groups excluding carboxylic acids is 1. The molecular formula is C17H26N4O3. The Bertz CT molecular complexity index is 502. The van der Waals surface area contributed by atoms with E-state index in [0.717, 1.165) is 51.5 Å². The molecule has 7 heteroatoms. The van der Waals surface area contributed by atoms with Gasteiger partial charge in [0, 0.05) is 57.1 Å². The van der Waals surface area contributed by atoms with Crippen LogP contribution in [0.5, 0.6) is 0 Å². The van der Waals surface area contributed by atoms with Crippen molar-refractivity contribution in [2.45, 2.75) is 19.0 Å². The van der Waals surface area contributed by atoms with Gasteiger partial charge in [0.1, 0.15) is 0 Å². The monoisotopic (exact) mass is 334 g/mol. The summed E-state index contributed by atoms with van der Waals surface area (Å²) in [5.74, 6) is 0.474. The smallest absolute Gasteiger partial charge is 0.315 e. The van der Waals surface area contributed by atoms with Gasteiger partial charge < -0.3 is 20.1 Å². The SMILES string of the molecule is O=C(NCc1cccnc1)NCC(C1CCOC1)N1CCOCC1. The molecular weight excluding hydrogens is 308 g/mol. The maximum absolute atomic E-state index is 12.1. The number of pyridine rings is 1. The number of hydrogen-bond acceptors (Lipinski definition) is 5. The first-order valence-electron chi connectivity index (χ1n) is 8.63. The van der Waals surface area contributed by atoms with Crippen LogP contribution in [0.3, 0.4) is 0 Å². The lowest BCUT2D eigenvalue weighted by Crippen LogP contribution is -2.53. The second-order valence-corrected chi connectivity index (χ2v) is 6.26. The summed E-state index contributed by atoms with van der Waals surface area (Å²) in [4.78, 5) is 18.6. The summed E-state index contributed by atoms with van der Waals surface area (Å²) < 4.78 is 11.0. The van der Waals surface area contributed by atoms with Gasteiger partial charge in [-0.3, -0.25) is 9.88 Å². The molecule has 0 spiro atoms. The van der Waals surface area contributed by atoms with Crippen molar-refractivity contribution in [3.8, 4) is 0 Å². The van der Waals surface area contributed by atoms with Gasteiger partial charge in [-0.05, 0) is 18.1 Å². The van der Waals surface area contributed by atoms with Crippen LogP contribution in [-0.2, 0) is 16.0 Å². The number of nitrogens with one attached hydrogen (secondary N) is 2. The van der Waals surface area contributed by atoms with Crippen LogP contribution in [0.25, 0.3) is 0 Å².